The van der Waals surface area contributed by atoms with Gasteiger partial charge in [0.25, 0.3) is 0 Å². The number of likely N-dealkylation sites (tertiary alicyclic amines) is 1. The Labute approximate surface area is 185 Å². The first-order valence-corrected chi connectivity index (χ1v) is 11.5. The number of rotatable bonds is 6. The number of piperazine rings is 1. The number of hydrogen-bond donors (Lipinski definition) is 1. The van der Waals surface area contributed by atoms with Crippen molar-refractivity contribution in [2.45, 2.75) is 37.9 Å². The first-order valence-electron chi connectivity index (χ1n) is 10.7. The topological polar surface area (TPSA) is 85.2 Å². The van der Waals surface area contributed by atoms with Crippen molar-refractivity contribution in [3.8, 4) is 6.07 Å². The van der Waals surface area contributed by atoms with Crippen LogP contribution in [0.5, 0.6) is 0 Å². The molecule has 0 radical (unpaired) electrons. The Balaban J connectivity index is 1.15. The zero-order valence-electron chi connectivity index (χ0n) is 17.2. The molecule has 1 N–H and O–H groups in total. The number of carbonyl (C=O) groups excluding carboxylic acids is 1. The van der Waals surface area contributed by atoms with E-state index in [1.807, 2.05) is 34.7 Å². The van der Waals surface area contributed by atoms with Gasteiger partial charge in [0.15, 0.2) is 0 Å². The van der Waals surface area contributed by atoms with Crippen molar-refractivity contribution in [2.75, 3.05) is 24.5 Å². The number of amides is 1. The second-order valence-corrected chi connectivity index (χ2v) is 9.00. The van der Waals surface area contributed by atoms with Crippen LogP contribution >= 0.6 is 11.3 Å². The van der Waals surface area contributed by atoms with Gasteiger partial charge < -0.3 is 15.1 Å². The van der Waals surface area contributed by atoms with E-state index in [4.69, 9.17) is 5.26 Å². The molecule has 0 spiro atoms. The highest BCUT2D eigenvalue weighted by Gasteiger charge is 2.41. The summed E-state index contributed by atoms with van der Waals surface area (Å²) in [6, 6.07) is 12.7. The molecule has 2 saturated heterocycles. The molecule has 0 aliphatic carbocycles. The molecule has 2 aliphatic heterocycles. The molecule has 2 unspecified atom stereocenters. The number of pyridine rings is 1. The van der Waals surface area contributed by atoms with E-state index in [0.29, 0.717) is 30.7 Å². The number of anilines is 1. The molecular weight excluding hydrogens is 408 g/mol. The molecule has 1 amide bonds. The van der Waals surface area contributed by atoms with Crippen LogP contribution in [0.4, 0.5) is 5.69 Å². The Morgan fingerprint density at radius 3 is 2.87 bits per heavy atom. The smallest absolute Gasteiger partial charge is 0.223 e. The van der Waals surface area contributed by atoms with Crippen LogP contribution in [0, 0.1) is 11.3 Å². The van der Waals surface area contributed by atoms with E-state index in [1.165, 1.54) is 10.3 Å². The minimum atomic E-state index is 0.215. The second-order valence-electron chi connectivity index (χ2n) is 8.15. The average Bonchev–Trinajstić information content (AvgIpc) is 3.39. The molecule has 2 fully saturated rings. The first kappa shape index (κ1) is 19.9. The number of nitrogens with zero attached hydrogens (tertiary/aromatic N) is 5. The van der Waals surface area contributed by atoms with E-state index in [1.54, 1.807) is 17.5 Å². The van der Waals surface area contributed by atoms with Gasteiger partial charge in [0, 0.05) is 56.6 Å². The monoisotopic (exact) mass is 432 g/mol. The number of benzene rings is 1. The molecule has 2 atom stereocenters. The number of hydrogen-bond acceptors (Lipinski definition) is 7. The lowest BCUT2D eigenvalue weighted by Gasteiger charge is -2.42. The Morgan fingerprint density at radius 1 is 1.23 bits per heavy atom. The van der Waals surface area contributed by atoms with Crippen LogP contribution in [0.2, 0.25) is 0 Å². The summed E-state index contributed by atoms with van der Waals surface area (Å²) in [5.74, 6) is 0.215. The quantitative estimate of drug-likeness (QED) is 0.603. The van der Waals surface area contributed by atoms with E-state index in [2.05, 4.69) is 32.3 Å². The molecule has 8 heteroatoms. The van der Waals surface area contributed by atoms with Crippen LogP contribution in [0.1, 0.15) is 30.5 Å². The zero-order valence-corrected chi connectivity index (χ0v) is 18.0. The summed E-state index contributed by atoms with van der Waals surface area (Å²) in [5, 5.41) is 12.6. The van der Waals surface area contributed by atoms with Gasteiger partial charge in [-0.1, -0.05) is 12.1 Å². The summed E-state index contributed by atoms with van der Waals surface area (Å²) >= 11 is 1.66. The van der Waals surface area contributed by atoms with Crippen molar-refractivity contribution >= 4 is 33.1 Å². The third kappa shape index (κ3) is 3.99. The standard InChI is InChI=1S/C23H24N6OS/c24-11-17-10-18(6-9-26-17)29-19-4-5-20(29)14-28(13-19)22(30)7-8-25-12-16-2-1-3-21-23(16)31-15-27-21/h1-3,6,9-10,15,19-20,25H,4-5,7-8,12-14H2. The highest BCUT2D eigenvalue weighted by Crippen LogP contribution is 2.35. The first-order chi connectivity index (χ1) is 15.2. The second kappa shape index (κ2) is 8.61. The molecule has 5 rings (SSSR count). The number of nitrogens with one attached hydrogen (secondary N) is 1. The fraction of sp³-hybridized carbons (Fsp3) is 0.391. The molecule has 4 heterocycles. The molecule has 2 aliphatic rings. The minimum Gasteiger partial charge on any atom is -0.362 e. The van der Waals surface area contributed by atoms with Crippen LogP contribution in [0.3, 0.4) is 0 Å². The predicted octanol–water partition coefficient (Wildman–Crippen LogP) is 2.92. The van der Waals surface area contributed by atoms with Gasteiger partial charge in [0.1, 0.15) is 11.8 Å². The lowest BCUT2D eigenvalue weighted by atomic mass is 10.1. The highest BCUT2D eigenvalue weighted by molar-refractivity contribution is 7.16. The van der Waals surface area contributed by atoms with Gasteiger partial charge >= 0.3 is 0 Å². The number of thiazole rings is 1. The molecular formula is C23H24N6OS. The van der Waals surface area contributed by atoms with E-state index in [9.17, 15) is 4.79 Å². The summed E-state index contributed by atoms with van der Waals surface area (Å²) in [6.45, 7) is 2.91. The minimum absolute atomic E-state index is 0.215. The van der Waals surface area contributed by atoms with Crippen molar-refractivity contribution < 1.29 is 4.79 Å². The maximum atomic E-state index is 12.8. The van der Waals surface area contributed by atoms with Gasteiger partial charge in [-0.15, -0.1) is 11.3 Å². The summed E-state index contributed by atoms with van der Waals surface area (Å²) in [6.07, 6.45) is 4.36. The fourth-order valence-electron chi connectivity index (χ4n) is 4.83. The van der Waals surface area contributed by atoms with E-state index in [-0.39, 0.29) is 5.91 Å². The summed E-state index contributed by atoms with van der Waals surface area (Å²) in [5.41, 5.74) is 5.62. The summed E-state index contributed by atoms with van der Waals surface area (Å²) < 4.78 is 1.21. The maximum Gasteiger partial charge on any atom is 0.223 e. The Hall–Kier alpha value is -3.02. The van der Waals surface area contributed by atoms with E-state index >= 15 is 0 Å². The molecule has 2 aromatic heterocycles. The van der Waals surface area contributed by atoms with Crippen molar-refractivity contribution in [1.82, 2.24) is 20.2 Å². The maximum absolute atomic E-state index is 12.8. The van der Waals surface area contributed by atoms with Crippen LogP contribution < -0.4 is 10.2 Å². The van der Waals surface area contributed by atoms with Crippen LogP contribution in [-0.2, 0) is 11.3 Å². The van der Waals surface area contributed by atoms with Gasteiger partial charge in [-0.2, -0.15) is 5.26 Å². The lowest BCUT2D eigenvalue weighted by Crippen LogP contribution is -2.55. The predicted molar refractivity (Wildman–Crippen MR) is 121 cm³/mol. The van der Waals surface area contributed by atoms with Crippen molar-refractivity contribution in [1.29, 1.82) is 5.26 Å². The van der Waals surface area contributed by atoms with Gasteiger partial charge in [0.2, 0.25) is 5.91 Å². The third-order valence-corrected chi connectivity index (χ3v) is 7.18. The van der Waals surface area contributed by atoms with Crippen LogP contribution in [0.15, 0.2) is 42.0 Å². The summed E-state index contributed by atoms with van der Waals surface area (Å²) in [7, 11) is 0. The van der Waals surface area contributed by atoms with Gasteiger partial charge in [-0.3, -0.25) is 4.79 Å². The third-order valence-electron chi connectivity index (χ3n) is 6.26. The normalized spacial score (nSPS) is 20.2. The van der Waals surface area contributed by atoms with Gasteiger partial charge in [-0.05, 0) is 36.6 Å². The zero-order chi connectivity index (χ0) is 21.2. The van der Waals surface area contributed by atoms with Crippen molar-refractivity contribution in [3.05, 3.63) is 53.3 Å². The molecule has 158 valence electrons. The molecule has 31 heavy (non-hydrogen) atoms. The van der Waals surface area contributed by atoms with Crippen LogP contribution in [0.25, 0.3) is 10.2 Å². The van der Waals surface area contributed by atoms with Gasteiger partial charge in [0.05, 0.1) is 15.7 Å². The van der Waals surface area contributed by atoms with Gasteiger partial charge in [-0.25, -0.2) is 9.97 Å². The largest absolute Gasteiger partial charge is 0.362 e. The van der Waals surface area contributed by atoms with Crippen molar-refractivity contribution in [2.24, 2.45) is 0 Å². The number of carbonyl (C=O) groups is 1. The summed E-state index contributed by atoms with van der Waals surface area (Å²) in [4.78, 5) is 25.7. The fourth-order valence-corrected chi connectivity index (χ4v) is 5.63. The Bertz CT molecular complexity index is 1120. The molecule has 3 aromatic rings. The number of nitriles is 1. The highest BCUT2D eigenvalue weighted by atomic mass is 32.1. The lowest BCUT2D eigenvalue weighted by molar-refractivity contribution is -0.132. The SMILES string of the molecule is N#Cc1cc(N2C3CCC2CN(C(=O)CCNCc2cccc4ncsc24)C3)ccn1. The van der Waals surface area contributed by atoms with Crippen molar-refractivity contribution in [3.63, 3.8) is 0 Å². The average molecular weight is 433 g/mol. The Morgan fingerprint density at radius 2 is 2.06 bits per heavy atom. The molecule has 2 bridgehead atoms. The molecule has 1 aromatic carbocycles. The molecule has 7 nitrogen and oxygen atoms in total. The Kier molecular flexibility index (Phi) is 5.53. The number of aromatic nitrogens is 2. The van der Waals surface area contributed by atoms with Crippen LogP contribution in [-0.4, -0.2) is 52.5 Å². The van der Waals surface area contributed by atoms with E-state index in [0.717, 1.165) is 43.7 Å². The number of fused-ring (bicyclic) bond motifs is 3. The van der Waals surface area contributed by atoms with E-state index < -0.39 is 0 Å². The molecule has 0 saturated carbocycles.